The Hall–Kier alpha value is -0.120. The average molecular weight is 156 g/mol. The van der Waals surface area contributed by atoms with Gasteiger partial charge in [0.2, 0.25) is 0 Å². The number of rotatable bonds is 0. The number of ether oxygens (including phenoxy) is 3. The Labute approximate surface area is 65.6 Å². The van der Waals surface area contributed by atoms with Gasteiger partial charge in [-0.3, -0.25) is 0 Å². The van der Waals surface area contributed by atoms with E-state index in [2.05, 4.69) is 0 Å². The molecule has 11 heavy (non-hydrogen) atoms. The van der Waals surface area contributed by atoms with Crippen LogP contribution in [0.15, 0.2) is 0 Å². The molecule has 0 aromatic carbocycles. The lowest BCUT2D eigenvalue weighted by molar-refractivity contribution is -0.189. The van der Waals surface area contributed by atoms with E-state index in [-0.39, 0.29) is 11.9 Å². The summed E-state index contributed by atoms with van der Waals surface area (Å²) in [4.78, 5) is 0. The molecule has 0 aromatic heterocycles. The first-order valence-corrected chi connectivity index (χ1v) is 4.31. The second-order valence-electron chi connectivity index (χ2n) is 3.51. The SMILES string of the molecule is C1COC2(O1)C1CCC2OC1. The molecule has 3 fully saturated rings. The minimum atomic E-state index is -0.306. The number of hydrogen-bond acceptors (Lipinski definition) is 3. The molecule has 2 heterocycles. The Balaban J connectivity index is 1.95. The summed E-state index contributed by atoms with van der Waals surface area (Å²) in [5.74, 6) is 0.204. The highest BCUT2D eigenvalue weighted by Crippen LogP contribution is 2.48. The van der Waals surface area contributed by atoms with Gasteiger partial charge in [0.1, 0.15) is 6.10 Å². The highest BCUT2D eigenvalue weighted by Gasteiger charge is 2.60. The maximum atomic E-state index is 5.64. The lowest BCUT2D eigenvalue weighted by atomic mass is 10.1. The van der Waals surface area contributed by atoms with Crippen LogP contribution in [0.1, 0.15) is 12.8 Å². The van der Waals surface area contributed by atoms with Gasteiger partial charge in [0, 0.05) is 5.92 Å². The van der Waals surface area contributed by atoms with Gasteiger partial charge in [0.05, 0.1) is 19.8 Å². The summed E-state index contributed by atoms with van der Waals surface area (Å²) in [7, 11) is 0. The summed E-state index contributed by atoms with van der Waals surface area (Å²) in [6.45, 7) is 2.33. The van der Waals surface area contributed by atoms with Gasteiger partial charge in [-0.05, 0) is 12.8 Å². The van der Waals surface area contributed by atoms with Crippen molar-refractivity contribution in [2.24, 2.45) is 5.92 Å². The highest BCUT2D eigenvalue weighted by molar-refractivity contribution is 5.01. The van der Waals surface area contributed by atoms with Crippen molar-refractivity contribution in [3.05, 3.63) is 0 Å². The molecule has 1 aliphatic carbocycles. The van der Waals surface area contributed by atoms with Gasteiger partial charge < -0.3 is 14.2 Å². The van der Waals surface area contributed by atoms with Crippen LogP contribution in [0.2, 0.25) is 0 Å². The highest BCUT2D eigenvalue weighted by atomic mass is 16.8. The molecule has 0 aromatic rings. The van der Waals surface area contributed by atoms with Crippen molar-refractivity contribution in [1.29, 1.82) is 0 Å². The van der Waals surface area contributed by atoms with Crippen molar-refractivity contribution < 1.29 is 14.2 Å². The maximum absolute atomic E-state index is 5.64. The van der Waals surface area contributed by atoms with Crippen molar-refractivity contribution in [1.82, 2.24) is 0 Å². The Morgan fingerprint density at radius 3 is 2.36 bits per heavy atom. The second kappa shape index (κ2) is 1.97. The van der Waals surface area contributed by atoms with Gasteiger partial charge in [0.15, 0.2) is 5.79 Å². The van der Waals surface area contributed by atoms with Crippen LogP contribution in [0, 0.1) is 5.92 Å². The van der Waals surface area contributed by atoms with Crippen LogP contribution in [0.5, 0.6) is 0 Å². The van der Waals surface area contributed by atoms with Crippen molar-refractivity contribution in [2.45, 2.75) is 24.7 Å². The first kappa shape index (κ1) is 6.40. The van der Waals surface area contributed by atoms with Gasteiger partial charge in [-0.1, -0.05) is 0 Å². The van der Waals surface area contributed by atoms with Crippen LogP contribution >= 0.6 is 0 Å². The molecular weight excluding hydrogens is 144 g/mol. The molecule has 2 aliphatic heterocycles. The van der Waals surface area contributed by atoms with E-state index in [1.807, 2.05) is 0 Å². The normalized spacial score (nSPS) is 45.8. The standard InChI is InChI=1S/C8H12O3/c1-2-7-8(6(1)5-9-7)10-3-4-11-8/h6-7H,1-5H2. The topological polar surface area (TPSA) is 27.7 Å². The molecule has 3 nitrogen and oxygen atoms in total. The van der Waals surface area contributed by atoms with E-state index in [1.54, 1.807) is 0 Å². The van der Waals surface area contributed by atoms with Crippen molar-refractivity contribution in [3.8, 4) is 0 Å². The predicted molar refractivity (Wildman–Crippen MR) is 37.1 cm³/mol. The van der Waals surface area contributed by atoms with E-state index in [4.69, 9.17) is 14.2 Å². The molecule has 1 saturated carbocycles. The van der Waals surface area contributed by atoms with Gasteiger partial charge in [0.25, 0.3) is 0 Å². The van der Waals surface area contributed by atoms with E-state index in [0.717, 1.165) is 26.2 Å². The van der Waals surface area contributed by atoms with Gasteiger partial charge >= 0.3 is 0 Å². The Kier molecular flexibility index (Phi) is 1.15. The number of hydrogen-bond donors (Lipinski definition) is 0. The summed E-state index contributed by atoms with van der Waals surface area (Å²) in [5, 5.41) is 0. The molecule has 0 radical (unpaired) electrons. The average Bonchev–Trinajstić information content (AvgIpc) is 2.72. The minimum Gasteiger partial charge on any atom is -0.372 e. The van der Waals surface area contributed by atoms with Crippen LogP contribution in [-0.4, -0.2) is 31.7 Å². The fourth-order valence-electron chi connectivity index (χ4n) is 2.51. The van der Waals surface area contributed by atoms with Crippen LogP contribution in [0.3, 0.4) is 0 Å². The maximum Gasteiger partial charge on any atom is 0.199 e. The molecular formula is C8H12O3. The molecule has 2 saturated heterocycles. The first-order valence-electron chi connectivity index (χ1n) is 4.31. The van der Waals surface area contributed by atoms with E-state index >= 15 is 0 Å². The van der Waals surface area contributed by atoms with Gasteiger partial charge in [-0.15, -0.1) is 0 Å². The van der Waals surface area contributed by atoms with Crippen molar-refractivity contribution >= 4 is 0 Å². The molecule has 3 aliphatic rings. The predicted octanol–water partition coefficient (Wildman–Crippen LogP) is 0.538. The van der Waals surface area contributed by atoms with E-state index < -0.39 is 0 Å². The lowest BCUT2D eigenvalue weighted by Crippen LogP contribution is -2.39. The largest absolute Gasteiger partial charge is 0.372 e. The third-order valence-electron chi connectivity index (χ3n) is 3.03. The summed E-state index contributed by atoms with van der Waals surface area (Å²) >= 11 is 0. The van der Waals surface area contributed by atoms with Crippen LogP contribution in [0.4, 0.5) is 0 Å². The monoisotopic (exact) mass is 156 g/mol. The zero-order valence-corrected chi connectivity index (χ0v) is 6.41. The molecule has 2 bridgehead atoms. The Bertz CT molecular complexity index is 152. The molecule has 0 N–H and O–H groups in total. The van der Waals surface area contributed by atoms with Crippen LogP contribution in [0.25, 0.3) is 0 Å². The third-order valence-corrected chi connectivity index (χ3v) is 3.03. The van der Waals surface area contributed by atoms with Crippen LogP contribution < -0.4 is 0 Å². The van der Waals surface area contributed by atoms with Gasteiger partial charge in [-0.2, -0.15) is 0 Å². The lowest BCUT2D eigenvalue weighted by Gasteiger charge is -2.24. The Morgan fingerprint density at radius 2 is 1.91 bits per heavy atom. The van der Waals surface area contributed by atoms with E-state index in [1.165, 1.54) is 6.42 Å². The molecule has 3 heteroatoms. The fourth-order valence-corrected chi connectivity index (χ4v) is 2.51. The molecule has 1 spiro atoms. The van der Waals surface area contributed by atoms with E-state index in [9.17, 15) is 0 Å². The van der Waals surface area contributed by atoms with E-state index in [0.29, 0.717) is 5.92 Å². The summed E-state index contributed by atoms with van der Waals surface area (Å²) < 4.78 is 16.8. The second-order valence-corrected chi connectivity index (χ2v) is 3.51. The molecule has 0 amide bonds. The summed E-state index contributed by atoms with van der Waals surface area (Å²) in [6.07, 6.45) is 2.56. The van der Waals surface area contributed by atoms with Crippen molar-refractivity contribution in [2.75, 3.05) is 19.8 Å². The molecule has 2 unspecified atom stereocenters. The fraction of sp³-hybridized carbons (Fsp3) is 1.00. The Morgan fingerprint density at radius 1 is 1.09 bits per heavy atom. The molecule has 2 atom stereocenters. The zero-order valence-electron chi connectivity index (χ0n) is 6.41. The first-order chi connectivity index (χ1) is 5.42. The molecule has 3 rings (SSSR count). The summed E-state index contributed by atoms with van der Waals surface area (Å²) in [5.41, 5.74) is 0. The van der Waals surface area contributed by atoms with Crippen LogP contribution in [-0.2, 0) is 14.2 Å². The zero-order chi connectivity index (χ0) is 7.31. The van der Waals surface area contributed by atoms with Gasteiger partial charge in [-0.25, -0.2) is 0 Å². The minimum absolute atomic E-state index is 0.231. The van der Waals surface area contributed by atoms with Crippen molar-refractivity contribution in [3.63, 3.8) is 0 Å². The third kappa shape index (κ3) is 0.643. The quantitative estimate of drug-likeness (QED) is 0.512. The summed E-state index contributed by atoms with van der Waals surface area (Å²) in [6, 6.07) is 0. The smallest absolute Gasteiger partial charge is 0.199 e. The molecule has 62 valence electrons.